The van der Waals surface area contributed by atoms with Gasteiger partial charge in [-0.05, 0) is 54.6 Å². The van der Waals surface area contributed by atoms with Gasteiger partial charge in [-0.1, -0.05) is 24.3 Å². The molecule has 0 aliphatic rings. The zero-order valence-electron chi connectivity index (χ0n) is 15.5. The summed E-state index contributed by atoms with van der Waals surface area (Å²) in [6, 6.07) is 21.6. The van der Waals surface area contributed by atoms with Crippen molar-refractivity contribution in [3.8, 4) is 5.75 Å². The minimum atomic E-state index is -3.83. The van der Waals surface area contributed by atoms with E-state index in [9.17, 15) is 13.2 Å². The second-order valence-corrected chi connectivity index (χ2v) is 7.99. The van der Waals surface area contributed by atoms with Crippen molar-refractivity contribution in [1.82, 2.24) is 0 Å². The lowest BCUT2D eigenvalue weighted by molar-refractivity contribution is 0.102. The third kappa shape index (κ3) is 4.15. The van der Waals surface area contributed by atoms with Crippen molar-refractivity contribution in [1.29, 1.82) is 0 Å². The van der Waals surface area contributed by atoms with Crippen LogP contribution in [0.25, 0.3) is 0 Å². The molecule has 3 aromatic carbocycles. The number of rotatable bonds is 6. The van der Waals surface area contributed by atoms with Crippen LogP contribution in [0.1, 0.15) is 10.4 Å². The van der Waals surface area contributed by atoms with Gasteiger partial charge in [0.1, 0.15) is 5.75 Å². The van der Waals surface area contributed by atoms with Gasteiger partial charge in [0.2, 0.25) is 0 Å². The van der Waals surface area contributed by atoms with Gasteiger partial charge in [-0.3, -0.25) is 9.10 Å². The number of benzene rings is 3. The van der Waals surface area contributed by atoms with E-state index in [1.165, 1.54) is 23.5 Å². The minimum absolute atomic E-state index is 0.0338. The van der Waals surface area contributed by atoms with Crippen LogP contribution in [0.3, 0.4) is 0 Å². The van der Waals surface area contributed by atoms with Gasteiger partial charge in [-0.2, -0.15) is 0 Å². The lowest BCUT2D eigenvalue weighted by atomic mass is 10.2. The number of carbonyl (C=O) groups is 1. The quantitative estimate of drug-likeness (QED) is 0.688. The van der Waals surface area contributed by atoms with Gasteiger partial charge in [0.15, 0.2) is 0 Å². The van der Waals surface area contributed by atoms with Crippen molar-refractivity contribution >= 4 is 27.3 Å². The summed E-state index contributed by atoms with van der Waals surface area (Å²) in [6.45, 7) is 0. The molecule has 0 spiro atoms. The normalized spacial score (nSPS) is 10.9. The topological polar surface area (TPSA) is 75.7 Å². The van der Waals surface area contributed by atoms with Gasteiger partial charge in [0, 0.05) is 18.3 Å². The highest BCUT2D eigenvalue weighted by molar-refractivity contribution is 7.92. The number of nitrogens with zero attached hydrogens (tertiary/aromatic N) is 1. The fourth-order valence-electron chi connectivity index (χ4n) is 2.61. The van der Waals surface area contributed by atoms with Crippen LogP contribution in [0.2, 0.25) is 0 Å². The minimum Gasteiger partial charge on any atom is -0.497 e. The molecule has 0 heterocycles. The maximum Gasteiger partial charge on any atom is 0.264 e. The van der Waals surface area contributed by atoms with E-state index in [2.05, 4.69) is 5.32 Å². The van der Waals surface area contributed by atoms with E-state index < -0.39 is 10.0 Å². The van der Waals surface area contributed by atoms with Crippen LogP contribution in [-0.2, 0) is 10.0 Å². The van der Waals surface area contributed by atoms with Gasteiger partial charge in [-0.25, -0.2) is 8.42 Å². The van der Waals surface area contributed by atoms with Crippen LogP contribution in [0.4, 0.5) is 11.4 Å². The van der Waals surface area contributed by atoms with Crippen molar-refractivity contribution in [2.75, 3.05) is 23.8 Å². The molecule has 1 N–H and O–H groups in total. The fourth-order valence-corrected chi connectivity index (χ4v) is 3.85. The largest absolute Gasteiger partial charge is 0.497 e. The van der Waals surface area contributed by atoms with E-state index >= 15 is 0 Å². The van der Waals surface area contributed by atoms with Crippen LogP contribution >= 0.6 is 0 Å². The van der Waals surface area contributed by atoms with Crippen LogP contribution in [-0.4, -0.2) is 28.5 Å². The summed E-state index contributed by atoms with van der Waals surface area (Å²) in [4.78, 5) is 12.5. The van der Waals surface area contributed by atoms with Gasteiger partial charge in [0.05, 0.1) is 17.7 Å². The van der Waals surface area contributed by atoms with Gasteiger partial charge in [0.25, 0.3) is 15.9 Å². The fraction of sp³-hybridized carbons (Fsp3) is 0.0952. The smallest absolute Gasteiger partial charge is 0.264 e. The van der Waals surface area contributed by atoms with Gasteiger partial charge < -0.3 is 10.1 Å². The second-order valence-electron chi connectivity index (χ2n) is 6.02. The monoisotopic (exact) mass is 396 g/mol. The number of hydrogen-bond acceptors (Lipinski definition) is 4. The number of hydrogen-bond donors (Lipinski definition) is 1. The Hall–Kier alpha value is -3.32. The van der Waals surface area contributed by atoms with E-state index in [-0.39, 0.29) is 16.4 Å². The number of anilines is 2. The molecule has 3 aromatic rings. The molecule has 0 aliphatic heterocycles. The average molecular weight is 396 g/mol. The Balaban J connectivity index is 1.85. The van der Waals surface area contributed by atoms with Crippen LogP contribution in [0.15, 0.2) is 83.8 Å². The Bertz CT molecular complexity index is 1070. The van der Waals surface area contributed by atoms with Crippen LogP contribution in [0.5, 0.6) is 5.75 Å². The molecule has 0 radical (unpaired) electrons. The first-order chi connectivity index (χ1) is 13.4. The predicted molar refractivity (Wildman–Crippen MR) is 109 cm³/mol. The zero-order valence-corrected chi connectivity index (χ0v) is 16.3. The third-order valence-electron chi connectivity index (χ3n) is 4.22. The van der Waals surface area contributed by atoms with E-state index in [1.54, 1.807) is 67.8 Å². The maximum atomic E-state index is 13.0. The van der Waals surface area contributed by atoms with E-state index in [0.29, 0.717) is 17.1 Å². The molecule has 3 rings (SSSR count). The lowest BCUT2D eigenvalue weighted by Crippen LogP contribution is -2.26. The molecule has 7 heteroatoms. The van der Waals surface area contributed by atoms with Crippen molar-refractivity contribution in [3.05, 3.63) is 84.4 Å². The molecule has 0 atom stereocenters. The first kappa shape index (κ1) is 19.4. The number of carbonyl (C=O) groups excluding carboxylic acids is 1. The number of para-hydroxylation sites is 1. The molecule has 1 amide bonds. The summed E-state index contributed by atoms with van der Waals surface area (Å²) >= 11 is 0. The second kappa shape index (κ2) is 8.14. The SMILES string of the molecule is COc1ccc(N(C)S(=O)(=O)c2cccc(C(=O)Nc3ccccc3)c2)cc1. The summed E-state index contributed by atoms with van der Waals surface area (Å²) in [5.74, 6) is 0.254. The number of methoxy groups -OCH3 is 1. The number of ether oxygens (including phenoxy) is 1. The van der Waals surface area contributed by atoms with Crippen molar-refractivity contribution in [3.63, 3.8) is 0 Å². The molecule has 0 aromatic heterocycles. The van der Waals surface area contributed by atoms with E-state index in [4.69, 9.17) is 4.74 Å². The van der Waals surface area contributed by atoms with Crippen LogP contribution in [0, 0.1) is 0 Å². The summed E-state index contributed by atoms with van der Waals surface area (Å²) in [6.07, 6.45) is 0. The maximum absolute atomic E-state index is 13.0. The van der Waals surface area contributed by atoms with Crippen molar-refractivity contribution in [2.24, 2.45) is 0 Å². The zero-order chi connectivity index (χ0) is 20.1. The summed E-state index contributed by atoms with van der Waals surface area (Å²) in [7, 11) is -0.819. The molecule has 0 saturated carbocycles. The Morgan fingerprint density at radius 3 is 2.25 bits per heavy atom. The predicted octanol–water partition coefficient (Wildman–Crippen LogP) is 3.77. The highest BCUT2D eigenvalue weighted by Crippen LogP contribution is 2.25. The average Bonchev–Trinajstić information content (AvgIpc) is 2.74. The molecular formula is C21H20N2O4S. The summed E-state index contributed by atoms with van der Waals surface area (Å²) in [5, 5.41) is 2.75. The number of sulfonamides is 1. The molecule has 0 unspecified atom stereocenters. The molecular weight excluding hydrogens is 376 g/mol. The van der Waals surface area contributed by atoms with E-state index in [0.717, 1.165) is 0 Å². The van der Waals surface area contributed by atoms with Crippen LogP contribution < -0.4 is 14.4 Å². The molecule has 6 nitrogen and oxygen atoms in total. The standard InChI is InChI=1S/C21H20N2O4S/c1-23(18-11-13-19(27-2)14-12-18)28(25,26)20-10-6-7-16(15-20)21(24)22-17-8-4-3-5-9-17/h3-15H,1-2H3,(H,22,24). The van der Waals surface area contributed by atoms with Crippen molar-refractivity contribution in [2.45, 2.75) is 4.90 Å². The highest BCUT2D eigenvalue weighted by atomic mass is 32.2. The van der Waals surface area contributed by atoms with Crippen molar-refractivity contribution < 1.29 is 17.9 Å². The van der Waals surface area contributed by atoms with E-state index in [1.807, 2.05) is 6.07 Å². The molecule has 144 valence electrons. The molecule has 0 bridgehead atoms. The molecule has 28 heavy (non-hydrogen) atoms. The first-order valence-electron chi connectivity index (χ1n) is 8.51. The summed E-state index contributed by atoms with van der Waals surface area (Å²) in [5.41, 5.74) is 1.38. The lowest BCUT2D eigenvalue weighted by Gasteiger charge is -2.20. The van der Waals surface area contributed by atoms with Gasteiger partial charge in [-0.15, -0.1) is 0 Å². The summed E-state index contributed by atoms with van der Waals surface area (Å²) < 4.78 is 32.2. The Morgan fingerprint density at radius 2 is 1.61 bits per heavy atom. The molecule has 0 aliphatic carbocycles. The first-order valence-corrected chi connectivity index (χ1v) is 9.95. The number of nitrogens with one attached hydrogen (secondary N) is 1. The molecule has 0 saturated heterocycles. The molecule has 0 fully saturated rings. The third-order valence-corrected chi connectivity index (χ3v) is 6.00. The highest BCUT2D eigenvalue weighted by Gasteiger charge is 2.22. The Kier molecular flexibility index (Phi) is 5.65. The number of amides is 1. The Labute approximate surface area is 164 Å². The van der Waals surface area contributed by atoms with Gasteiger partial charge >= 0.3 is 0 Å². The Morgan fingerprint density at radius 1 is 0.929 bits per heavy atom.